The van der Waals surface area contributed by atoms with E-state index in [2.05, 4.69) is 10.3 Å². The van der Waals surface area contributed by atoms with Gasteiger partial charge in [0.15, 0.2) is 0 Å². The lowest BCUT2D eigenvalue weighted by molar-refractivity contribution is -0.141. The van der Waals surface area contributed by atoms with E-state index < -0.39 is 17.7 Å². The molecule has 1 N–H and O–H groups in total. The minimum Gasteiger partial charge on any atom is -0.463 e. The highest BCUT2D eigenvalue weighted by Gasteiger charge is 2.37. The van der Waals surface area contributed by atoms with E-state index in [-0.39, 0.29) is 43.5 Å². The Hall–Kier alpha value is -3.55. The molecule has 1 aromatic carbocycles. The molecule has 2 heterocycles. The Labute approximate surface area is 179 Å². The molecule has 0 bridgehead atoms. The number of nitrogens with zero attached hydrogens (tertiary/aromatic N) is 2. The molecule has 7 nitrogen and oxygen atoms in total. The van der Waals surface area contributed by atoms with Crippen LogP contribution in [0.4, 0.5) is 4.39 Å². The first-order chi connectivity index (χ1) is 14.9. The van der Waals surface area contributed by atoms with Gasteiger partial charge in [0.2, 0.25) is 11.8 Å². The first-order valence-corrected chi connectivity index (χ1v) is 10.0. The van der Waals surface area contributed by atoms with E-state index in [9.17, 15) is 18.8 Å². The third-order valence-electron chi connectivity index (χ3n) is 5.06. The summed E-state index contributed by atoms with van der Waals surface area (Å²) < 4.78 is 19.0. The van der Waals surface area contributed by atoms with Crippen LogP contribution in [0, 0.1) is 5.82 Å². The zero-order chi connectivity index (χ0) is 22.4. The van der Waals surface area contributed by atoms with E-state index in [1.807, 2.05) is 6.07 Å². The van der Waals surface area contributed by atoms with Gasteiger partial charge in [0.25, 0.3) is 0 Å². The maximum atomic E-state index is 13.8. The molecule has 0 radical (unpaired) electrons. The van der Waals surface area contributed by atoms with Crippen molar-refractivity contribution >= 4 is 17.8 Å². The maximum Gasteiger partial charge on any atom is 0.336 e. The topological polar surface area (TPSA) is 88.6 Å². The number of amides is 2. The minimum absolute atomic E-state index is 0.0670. The van der Waals surface area contributed by atoms with E-state index in [1.54, 1.807) is 38.2 Å². The van der Waals surface area contributed by atoms with Crippen molar-refractivity contribution in [2.24, 2.45) is 0 Å². The molecule has 0 fully saturated rings. The third-order valence-corrected chi connectivity index (χ3v) is 5.06. The quantitative estimate of drug-likeness (QED) is 0.689. The van der Waals surface area contributed by atoms with Crippen LogP contribution in [0.3, 0.4) is 0 Å². The van der Waals surface area contributed by atoms with Crippen molar-refractivity contribution in [2.75, 3.05) is 13.2 Å². The normalized spacial score (nSPS) is 16.3. The van der Waals surface area contributed by atoms with Gasteiger partial charge < -0.3 is 15.0 Å². The fourth-order valence-electron chi connectivity index (χ4n) is 3.58. The Morgan fingerprint density at radius 1 is 1.26 bits per heavy atom. The number of benzene rings is 1. The van der Waals surface area contributed by atoms with Crippen LogP contribution in [0.15, 0.2) is 59.9 Å². The number of aromatic nitrogens is 1. The number of pyridine rings is 1. The lowest BCUT2D eigenvalue weighted by Gasteiger charge is -2.34. The average molecular weight is 425 g/mol. The second-order valence-electron chi connectivity index (χ2n) is 7.11. The number of hydrogen-bond donors (Lipinski definition) is 1. The summed E-state index contributed by atoms with van der Waals surface area (Å²) in [5, 5.41) is 2.72. The molecular formula is C23H24FN3O4. The van der Waals surface area contributed by atoms with Crippen LogP contribution in [-0.4, -0.2) is 40.8 Å². The standard InChI is InChI=1S/C23H24FN3O4/c1-3-31-23(30)22-15(2)27(14-20(28)26-13-18-9-4-5-10-25-18)21(29)12-19(22)16-7-6-8-17(24)11-16/h4-11,19H,3,12-14H2,1-2H3,(H,26,28). The van der Waals surface area contributed by atoms with Crippen LogP contribution < -0.4 is 5.32 Å². The monoisotopic (exact) mass is 425 g/mol. The Morgan fingerprint density at radius 2 is 2.06 bits per heavy atom. The Morgan fingerprint density at radius 3 is 2.74 bits per heavy atom. The molecule has 0 spiro atoms. The predicted molar refractivity (Wildman–Crippen MR) is 111 cm³/mol. The highest BCUT2D eigenvalue weighted by molar-refractivity contribution is 5.97. The van der Waals surface area contributed by atoms with E-state index in [0.717, 1.165) is 0 Å². The first kappa shape index (κ1) is 22.1. The van der Waals surface area contributed by atoms with Gasteiger partial charge in [-0.1, -0.05) is 18.2 Å². The predicted octanol–water partition coefficient (Wildman–Crippen LogP) is 2.69. The van der Waals surface area contributed by atoms with Gasteiger partial charge >= 0.3 is 5.97 Å². The van der Waals surface area contributed by atoms with E-state index in [0.29, 0.717) is 17.0 Å². The maximum absolute atomic E-state index is 13.8. The molecule has 162 valence electrons. The van der Waals surface area contributed by atoms with Crippen molar-refractivity contribution in [2.45, 2.75) is 32.7 Å². The fraction of sp³-hybridized carbons (Fsp3) is 0.304. The minimum atomic E-state index is -0.643. The van der Waals surface area contributed by atoms with Gasteiger partial charge in [-0.15, -0.1) is 0 Å². The van der Waals surface area contributed by atoms with Crippen molar-refractivity contribution in [3.8, 4) is 0 Å². The highest BCUT2D eigenvalue weighted by Crippen LogP contribution is 2.37. The molecule has 1 aliphatic rings. The van der Waals surface area contributed by atoms with Crippen LogP contribution in [0.2, 0.25) is 0 Å². The number of esters is 1. The zero-order valence-corrected chi connectivity index (χ0v) is 17.4. The fourth-order valence-corrected chi connectivity index (χ4v) is 3.58. The highest BCUT2D eigenvalue weighted by atomic mass is 19.1. The van der Waals surface area contributed by atoms with Gasteiger partial charge in [0, 0.05) is 24.2 Å². The molecule has 31 heavy (non-hydrogen) atoms. The Bertz CT molecular complexity index is 1010. The second kappa shape index (κ2) is 9.97. The molecule has 2 aromatic rings. The lowest BCUT2D eigenvalue weighted by atomic mass is 9.83. The number of halogens is 1. The van der Waals surface area contributed by atoms with Crippen LogP contribution >= 0.6 is 0 Å². The number of hydrogen-bond acceptors (Lipinski definition) is 5. The average Bonchev–Trinajstić information content (AvgIpc) is 2.75. The third kappa shape index (κ3) is 5.33. The molecular weight excluding hydrogens is 401 g/mol. The van der Waals surface area contributed by atoms with Crippen LogP contribution in [0.25, 0.3) is 0 Å². The van der Waals surface area contributed by atoms with E-state index in [4.69, 9.17) is 4.74 Å². The summed E-state index contributed by atoms with van der Waals surface area (Å²) in [7, 11) is 0. The lowest BCUT2D eigenvalue weighted by Crippen LogP contribution is -2.44. The molecule has 1 aliphatic heterocycles. The number of carbonyl (C=O) groups is 3. The number of nitrogens with one attached hydrogen (secondary N) is 1. The summed E-state index contributed by atoms with van der Waals surface area (Å²) in [6.07, 6.45) is 1.56. The van der Waals surface area contributed by atoms with Crippen molar-refractivity contribution in [1.82, 2.24) is 15.2 Å². The summed E-state index contributed by atoms with van der Waals surface area (Å²) in [4.78, 5) is 43.4. The van der Waals surface area contributed by atoms with Gasteiger partial charge in [-0.2, -0.15) is 0 Å². The molecule has 1 aromatic heterocycles. The number of rotatable bonds is 7. The Balaban J connectivity index is 1.84. The molecule has 1 atom stereocenters. The molecule has 0 saturated carbocycles. The molecule has 8 heteroatoms. The van der Waals surface area contributed by atoms with Gasteiger partial charge in [0.1, 0.15) is 12.4 Å². The van der Waals surface area contributed by atoms with E-state index >= 15 is 0 Å². The number of ether oxygens (including phenoxy) is 1. The molecule has 1 unspecified atom stereocenters. The van der Waals surface area contributed by atoms with E-state index in [1.165, 1.54) is 23.1 Å². The number of allylic oxidation sites excluding steroid dienone is 1. The largest absolute Gasteiger partial charge is 0.463 e. The van der Waals surface area contributed by atoms with Gasteiger partial charge in [0.05, 0.1) is 24.4 Å². The molecule has 0 aliphatic carbocycles. The van der Waals surface area contributed by atoms with Gasteiger partial charge in [-0.05, 0) is 43.7 Å². The summed E-state index contributed by atoms with van der Waals surface area (Å²) in [5.41, 5.74) is 1.78. The number of carbonyl (C=O) groups excluding carboxylic acids is 3. The van der Waals surface area contributed by atoms with Crippen LogP contribution in [0.5, 0.6) is 0 Å². The molecule has 3 rings (SSSR count). The molecule has 0 saturated heterocycles. The smallest absolute Gasteiger partial charge is 0.336 e. The SMILES string of the molecule is CCOC(=O)C1=C(C)N(CC(=O)NCc2ccccn2)C(=O)CC1c1cccc(F)c1. The molecule has 2 amide bonds. The van der Waals surface area contributed by atoms with Crippen molar-refractivity contribution in [3.63, 3.8) is 0 Å². The van der Waals surface area contributed by atoms with Crippen LogP contribution in [0.1, 0.15) is 37.4 Å². The van der Waals surface area contributed by atoms with Gasteiger partial charge in [-0.25, -0.2) is 9.18 Å². The van der Waals surface area contributed by atoms with Gasteiger partial charge in [-0.3, -0.25) is 14.6 Å². The summed E-state index contributed by atoms with van der Waals surface area (Å²) in [6.45, 7) is 3.42. The van der Waals surface area contributed by atoms with Crippen LogP contribution in [-0.2, 0) is 25.7 Å². The Kier molecular flexibility index (Phi) is 7.12. The summed E-state index contributed by atoms with van der Waals surface area (Å²) in [6, 6.07) is 11.2. The van der Waals surface area contributed by atoms with Crippen molar-refractivity contribution < 1.29 is 23.5 Å². The van der Waals surface area contributed by atoms with Crippen molar-refractivity contribution in [1.29, 1.82) is 0 Å². The summed E-state index contributed by atoms with van der Waals surface area (Å²) >= 11 is 0. The second-order valence-corrected chi connectivity index (χ2v) is 7.11. The van der Waals surface area contributed by atoms with Crippen molar-refractivity contribution in [3.05, 3.63) is 77.0 Å². The summed E-state index contributed by atoms with van der Waals surface area (Å²) in [5.74, 6) is -2.39. The first-order valence-electron chi connectivity index (χ1n) is 10.0. The zero-order valence-electron chi connectivity index (χ0n) is 17.4.